The highest BCUT2D eigenvalue weighted by molar-refractivity contribution is 7.92. The van der Waals surface area contributed by atoms with Gasteiger partial charge in [-0.3, -0.25) is 4.72 Å². The summed E-state index contributed by atoms with van der Waals surface area (Å²) >= 11 is 0. The number of rotatable bonds is 5. The van der Waals surface area contributed by atoms with Crippen LogP contribution in [0.25, 0.3) is 0 Å². The Morgan fingerprint density at radius 3 is 2.45 bits per heavy atom. The normalized spacial score (nSPS) is 9.80. The zero-order valence-corrected chi connectivity index (χ0v) is 11.7. The van der Waals surface area contributed by atoms with Gasteiger partial charge in [-0.05, 0) is 12.1 Å². The third kappa shape index (κ3) is 4.52. The number of hydrogen-bond acceptors (Lipinski definition) is 6. The molecule has 0 saturated carbocycles. The molecule has 0 spiro atoms. The molecule has 0 unspecified atom stereocenters. The Labute approximate surface area is 117 Å². The van der Waals surface area contributed by atoms with E-state index in [0.29, 0.717) is 11.4 Å². The minimum Gasteiger partial charge on any atom is -0.497 e. The van der Waals surface area contributed by atoms with Crippen LogP contribution in [0.3, 0.4) is 0 Å². The molecular weight excluding hydrogens is 280 g/mol. The number of nitrogens with one attached hydrogen (secondary N) is 2. The van der Waals surface area contributed by atoms with Gasteiger partial charge in [0.25, 0.3) is 0 Å². The maximum atomic E-state index is 11.3. The Balaban J connectivity index is 3.17. The van der Waals surface area contributed by atoms with E-state index >= 15 is 0 Å². The Kier molecular flexibility index (Phi) is 4.95. The molecule has 8 heteroatoms. The first-order chi connectivity index (χ1) is 9.39. The van der Waals surface area contributed by atoms with Crippen LogP contribution in [0.4, 0.5) is 11.4 Å². The number of nitrogens with zero attached hydrogens (tertiary/aromatic N) is 2. The van der Waals surface area contributed by atoms with Gasteiger partial charge in [-0.1, -0.05) is 0 Å². The highest BCUT2D eigenvalue weighted by Gasteiger charge is 2.08. The minimum absolute atomic E-state index is 0.141. The summed E-state index contributed by atoms with van der Waals surface area (Å²) in [5, 5.41) is 20.0. The fourth-order valence-electron chi connectivity index (χ4n) is 1.30. The van der Waals surface area contributed by atoms with E-state index < -0.39 is 10.0 Å². The number of ether oxygens (including phenoxy) is 1. The summed E-state index contributed by atoms with van der Waals surface area (Å²) in [6, 6.07) is 8.00. The molecule has 1 aromatic rings. The largest absolute Gasteiger partial charge is 0.497 e. The van der Waals surface area contributed by atoms with Gasteiger partial charge in [0.15, 0.2) is 0 Å². The molecule has 104 valence electrons. The predicted octanol–water partition coefficient (Wildman–Crippen LogP) is 1.41. The van der Waals surface area contributed by atoms with Crippen molar-refractivity contribution in [2.75, 3.05) is 23.4 Å². The molecule has 20 heavy (non-hydrogen) atoms. The number of anilines is 2. The van der Waals surface area contributed by atoms with Gasteiger partial charge in [0.1, 0.15) is 23.5 Å². The van der Waals surface area contributed by atoms with Crippen molar-refractivity contribution in [3.05, 3.63) is 30.0 Å². The van der Waals surface area contributed by atoms with Crippen LogP contribution in [0.1, 0.15) is 0 Å². The van der Waals surface area contributed by atoms with Crippen molar-refractivity contribution in [2.24, 2.45) is 0 Å². The van der Waals surface area contributed by atoms with E-state index in [-0.39, 0.29) is 11.3 Å². The number of sulfonamides is 1. The standard InChI is InChI=1S/C12H12N4O3S/c1-19-10-3-4-11(16-20(2,17)18)12(5-10)15-8-9(6-13)7-14/h3-5,8,15-16H,1-2H3. The lowest BCUT2D eigenvalue weighted by molar-refractivity contribution is 0.415. The summed E-state index contributed by atoms with van der Waals surface area (Å²) in [6.45, 7) is 0. The van der Waals surface area contributed by atoms with E-state index in [9.17, 15) is 8.42 Å². The Hall–Kier alpha value is -2.71. The van der Waals surface area contributed by atoms with Crippen LogP contribution in [0.15, 0.2) is 30.0 Å². The first kappa shape index (κ1) is 15.3. The fourth-order valence-corrected chi connectivity index (χ4v) is 1.88. The van der Waals surface area contributed by atoms with Crippen LogP contribution in [0.5, 0.6) is 5.75 Å². The molecule has 0 atom stereocenters. The van der Waals surface area contributed by atoms with E-state index in [2.05, 4.69) is 10.0 Å². The predicted molar refractivity (Wildman–Crippen MR) is 74.4 cm³/mol. The van der Waals surface area contributed by atoms with Crippen LogP contribution in [0.2, 0.25) is 0 Å². The van der Waals surface area contributed by atoms with Crippen LogP contribution >= 0.6 is 0 Å². The van der Waals surface area contributed by atoms with Gasteiger partial charge in [0, 0.05) is 12.3 Å². The topological polar surface area (TPSA) is 115 Å². The van der Waals surface area contributed by atoms with Crippen LogP contribution in [-0.2, 0) is 10.0 Å². The molecule has 0 aromatic heterocycles. The summed E-state index contributed by atoms with van der Waals surface area (Å²) in [7, 11) is -1.98. The summed E-state index contributed by atoms with van der Waals surface area (Å²) in [5.74, 6) is 0.496. The van der Waals surface area contributed by atoms with Gasteiger partial charge in [0.05, 0.1) is 24.7 Å². The average molecular weight is 292 g/mol. The van der Waals surface area contributed by atoms with Gasteiger partial charge in [-0.25, -0.2) is 8.42 Å². The highest BCUT2D eigenvalue weighted by Crippen LogP contribution is 2.27. The van der Waals surface area contributed by atoms with E-state index in [1.807, 2.05) is 0 Å². The second-order valence-corrected chi connectivity index (χ2v) is 5.46. The lowest BCUT2D eigenvalue weighted by Crippen LogP contribution is -2.11. The van der Waals surface area contributed by atoms with Crippen LogP contribution < -0.4 is 14.8 Å². The molecule has 0 radical (unpaired) electrons. The molecule has 7 nitrogen and oxygen atoms in total. The quantitative estimate of drug-likeness (QED) is 0.793. The summed E-state index contributed by atoms with van der Waals surface area (Å²) in [6.07, 6.45) is 2.20. The van der Waals surface area contributed by atoms with E-state index in [0.717, 1.165) is 6.26 Å². The van der Waals surface area contributed by atoms with Gasteiger partial charge in [-0.15, -0.1) is 0 Å². The van der Waals surface area contributed by atoms with Crippen molar-refractivity contribution in [1.82, 2.24) is 0 Å². The molecule has 1 rings (SSSR count). The van der Waals surface area contributed by atoms with Gasteiger partial charge < -0.3 is 10.1 Å². The third-order valence-corrected chi connectivity index (χ3v) is 2.73. The molecule has 0 saturated heterocycles. The van der Waals surface area contributed by atoms with E-state index in [1.165, 1.54) is 25.4 Å². The SMILES string of the molecule is COc1ccc(NS(C)(=O)=O)c(NC=C(C#N)C#N)c1. The Bertz CT molecular complexity index is 695. The van der Waals surface area contributed by atoms with Crippen molar-refractivity contribution in [3.63, 3.8) is 0 Å². The van der Waals surface area contributed by atoms with Crippen molar-refractivity contribution >= 4 is 21.4 Å². The first-order valence-corrected chi connectivity index (χ1v) is 7.21. The summed E-state index contributed by atoms with van der Waals surface area (Å²) in [5.41, 5.74) is 0.496. The lowest BCUT2D eigenvalue weighted by atomic mass is 10.2. The average Bonchev–Trinajstić information content (AvgIpc) is 2.39. The smallest absolute Gasteiger partial charge is 0.229 e. The number of methoxy groups -OCH3 is 1. The maximum absolute atomic E-state index is 11.3. The zero-order valence-electron chi connectivity index (χ0n) is 10.8. The van der Waals surface area contributed by atoms with E-state index in [4.69, 9.17) is 15.3 Å². The fraction of sp³-hybridized carbons (Fsp3) is 0.167. The first-order valence-electron chi connectivity index (χ1n) is 5.32. The molecule has 2 N–H and O–H groups in total. The second kappa shape index (κ2) is 6.45. The molecule has 0 fully saturated rings. The van der Waals surface area contributed by atoms with Crippen molar-refractivity contribution in [1.29, 1.82) is 10.5 Å². The maximum Gasteiger partial charge on any atom is 0.229 e. The molecule has 0 aliphatic carbocycles. The number of allylic oxidation sites excluding steroid dienone is 1. The number of benzene rings is 1. The van der Waals surface area contributed by atoms with E-state index in [1.54, 1.807) is 18.2 Å². The molecule has 1 aromatic carbocycles. The number of nitriles is 2. The Morgan fingerprint density at radius 1 is 1.30 bits per heavy atom. The molecule has 0 aliphatic rings. The summed E-state index contributed by atoms with van der Waals surface area (Å²) < 4.78 is 29.9. The lowest BCUT2D eigenvalue weighted by Gasteiger charge is -2.12. The molecular formula is C12H12N4O3S. The third-order valence-electron chi connectivity index (χ3n) is 2.13. The molecule has 0 heterocycles. The monoisotopic (exact) mass is 292 g/mol. The van der Waals surface area contributed by atoms with Crippen molar-refractivity contribution < 1.29 is 13.2 Å². The van der Waals surface area contributed by atoms with Gasteiger partial charge in [-0.2, -0.15) is 10.5 Å². The second-order valence-electron chi connectivity index (χ2n) is 3.71. The Morgan fingerprint density at radius 2 is 1.95 bits per heavy atom. The minimum atomic E-state index is -3.45. The summed E-state index contributed by atoms with van der Waals surface area (Å²) in [4.78, 5) is 0. The van der Waals surface area contributed by atoms with Crippen molar-refractivity contribution in [2.45, 2.75) is 0 Å². The number of hydrogen-bond donors (Lipinski definition) is 2. The molecule has 0 amide bonds. The molecule has 0 aliphatic heterocycles. The van der Waals surface area contributed by atoms with Crippen molar-refractivity contribution in [3.8, 4) is 17.9 Å². The van der Waals surface area contributed by atoms with Gasteiger partial charge in [0.2, 0.25) is 10.0 Å². The van der Waals surface area contributed by atoms with Crippen LogP contribution in [-0.4, -0.2) is 21.8 Å². The van der Waals surface area contributed by atoms with Crippen LogP contribution in [0, 0.1) is 22.7 Å². The highest BCUT2D eigenvalue weighted by atomic mass is 32.2. The van der Waals surface area contributed by atoms with Gasteiger partial charge >= 0.3 is 0 Å². The zero-order chi connectivity index (χ0) is 15.2. The molecule has 0 bridgehead atoms.